The summed E-state index contributed by atoms with van der Waals surface area (Å²) < 4.78 is 29.7. The fourth-order valence-electron chi connectivity index (χ4n) is 10.2. The van der Waals surface area contributed by atoms with Crippen molar-refractivity contribution in [2.75, 3.05) is 32.3 Å². The van der Waals surface area contributed by atoms with Crippen LogP contribution < -0.4 is 32.2 Å². The number of Topliss-reactive ketones (excluding diaryl/α,β-unsaturated/α-hetero) is 1. The van der Waals surface area contributed by atoms with E-state index in [2.05, 4.69) is 16.0 Å². The van der Waals surface area contributed by atoms with E-state index in [0.29, 0.717) is 30.6 Å². The highest BCUT2D eigenvalue weighted by atomic mass is 16.7. The molecule has 8 rings (SSSR count). The molecular formula is C54H62N6O16. The number of benzene rings is 4. The minimum atomic E-state index is -2.37. The van der Waals surface area contributed by atoms with Crippen molar-refractivity contribution < 1.29 is 77.7 Å². The van der Waals surface area contributed by atoms with Crippen molar-refractivity contribution >= 4 is 46.9 Å². The van der Waals surface area contributed by atoms with Crippen molar-refractivity contribution in [2.45, 2.75) is 120 Å². The first-order valence-electron chi connectivity index (χ1n) is 25.0. The Hall–Kier alpha value is -7.31. The van der Waals surface area contributed by atoms with Crippen LogP contribution in [0, 0.1) is 0 Å². The summed E-state index contributed by atoms with van der Waals surface area (Å²) in [7, 11) is 1.31. The summed E-state index contributed by atoms with van der Waals surface area (Å²) >= 11 is 0. The number of hydrogen-bond acceptors (Lipinski definition) is 18. The zero-order valence-corrected chi connectivity index (χ0v) is 42.1. The maximum atomic E-state index is 14.1. The number of aromatic hydroxyl groups is 2. The van der Waals surface area contributed by atoms with Gasteiger partial charge in [0.15, 0.2) is 17.9 Å². The number of ether oxygens (including phenoxy) is 5. The van der Waals surface area contributed by atoms with Crippen molar-refractivity contribution in [3.8, 4) is 17.2 Å². The molecule has 9 unspecified atom stereocenters. The molecule has 0 radical (unpaired) electrons. The zero-order chi connectivity index (χ0) is 54.6. The summed E-state index contributed by atoms with van der Waals surface area (Å²) in [6.45, 7) is 2.09. The van der Waals surface area contributed by atoms with Crippen LogP contribution in [0.2, 0.25) is 0 Å². The number of anilines is 1. The molecule has 2 fully saturated rings. The number of phenolic OH excluding ortho intramolecular Hbond substituents is 2. The summed E-state index contributed by atoms with van der Waals surface area (Å²) in [6.07, 6.45) is -4.56. The van der Waals surface area contributed by atoms with Crippen molar-refractivity contribution in [1.29, 1.82) is 0 Å². The Kier molecular flexibility index (Phi) is 16.8. The molecule has 0 spiro atoms. The van der Waals surface area contributed by atoms with E-state index in [0.717, 1.165) is 5.56 Å². The van der Waals surface area contributed by atoms with Gasteiger partial charge in [-0.2, -0.15) is 0 Å². The van der Waals surface area contributed by atoms with Crippen LogP contribution in [0.25, 0.3) is 0 Å². The third-order valence-electron chi connectivity index (χ3n) is 14.2. The average molecular weight is 1050 g/mol. The number of fused-ring (bicyclic) bond motifs is 4. The van der Waals surface area contributed by atoms with Crippen LogP contribution in [0.15, 0.2) is 72.8 Å². The predicted octanol–water partition coefficient (Wildman–Crippen LogP) is 2.30. The van der Waals surface area contributed by atoms with Gasteiger partial charge in [0.2, 0.25) is 23.5 Å². The highest BCUT2D eigenvalue weighted by Gasteiger charge is 2.52. The Morgan fingerprint density at radius 1 is 0.868 bits per heavy atom. The first-order chi connectivity index (χ1) is 36.4. The SMILES string of the molecule is COc1cccc2c1C(=O)c1c(O)c3c(c(O)c1C2=O)CC(O)(C(=O)CO)CC3OC1CC2C(OCN2C(=O)OCc2ccc(NC(=O)C(CCCCN)NC(=O)C(Cc3ccccc3)NC(=O)C(C)N)cc2)C(C)O1. The minimum Gasteiger partial charge on any atom is -0.507 e. The van der Waals surface area contributed by atoms with Crippen LogP contribution in [-0.2, 0) is 57.6 Å². The average Bonchev–Trinajstić information content (AvgIpc) is 3.85. The van der Waals surface area contributed by atoms with E-state index in [-0.39, 0.29) is 60.6 Å². The minimum absolute atomic E-state index is 0.0510. The Bertz CT molecular complexity index is 2880. The van der Waals surface area contributed by atoms with Crippen LogP contribution in [0.1, 0.15) is 106 Å². The van der Waals surface area contributed by atoms with Crippen LogP contribution in [0.3, 0.4) is 0 Å². The fourth-order valence-corrected chi connectivity index (χ4v) is 10.2. The third-order valence-corrected chi connectivity index (χ3v) is 14.2. The number of nitrogens with zero attached hydrogens (tertiary/aromatic N) is 1. The number of amides is 4. The second kappa shape index (κ2) is 23.3. The van der Waals surface area contributed by atoms with Gasteiger partial charge >= 0.3 is 6.09 Å². The Morgan fingerprint density at radius 3 is 2.26 bits per heavy atom. The lowest BCUT2D eigenvalue weighted by atomic mass is 9.72. The number of methoxy groups -OCH3 is 1. The molecule has 76 heavy (non-hydrogen) atoms. The maximum absolute atomic E-state index is 14.1. The number of carbonyl (C=O) groups excluding carboxylic acids is 7. The molecule has 0 bridgehead atoms. The lowest BCUT2D eigenvalue weighted by molar-refractivity contribution is -0.246. The van der Waals surface area contributed by atoms with E-state index in [4.69, 9.17) is 35.2 Å². The molecular weight excluding hydrogens is 989 g/mol. The summed E-state index contributed by atoms with van der Waals surface area (Å²) in [5, 5.41) is 53.6. The molecule has 404 valence electrons. The van der Waals surface area contributed by atoms with Crippen LogP contribution in [-0.4, -0.2) is 142 Å². The summed E-state index contributed by atoms with van der Waals surface area (Å²) in [5.41, 5.74) is 9.14. The van der Waals surface area contributed by atoms with Crippen LogP contribution >= 0.6 is 0 Å². The highest BCUT2D eigenvalue weighted by molar-refractivity contribution is 6.31. The number of carbonyl (C=O) groups is 7. The lowest BCUT2D eigenvalue weighted by Gasteiger charge is -2.42. The van der Waals surface area contributed by atoms with E-state index in [1.807, 2.05) is 30.3 Å². The lowest BCUT2D eigenvalue weighted by Crippen LogP contribution is -2.55. The Balaban J connectivity index is 0.934. The summed E-state index contributed by atoms with van der Waals surface area (Å²) in [4.78, 5) is 96.2. The second-order valence-corrected chi connectivity index (χ2v) is 19.4. The number of unbranched alkanes of at least 4 members (excludes halogenated alkanes) is 1. The normalized spacial score (nSPS) is 22.7. The van der Waals surface area contributed by atoms with E-state index in [1.54, 1.807) is 31.2 Å². The molecule has 0 aromatic heterocycles. The van der Waals surface area contributed by atoms with Gasteiger partial charge in [-0.25, -0.2) is 4.79 Å². The van der Waals surface area contributed by atoms with E-state index < -0.39 is 138 Å². The standard InChI is InChI=1S/C54H62N6O16/c1-27(56)50(67)59-35(20-29-10-5-4-6-11-29)52(69)58-34(13-7-8-19-55)51(68)57-31-17-15-30(16-18-31)25-73-53(70)60-26-74-49-28(2)75-40(21-36(49)60)76-38-23-54(71,39(62)24-61)22-33-42(38)48(66)44-43(46(33)64)45(63)32-12-9-14-37(72-3)41(32)47(44)65/h4-6,9-12,14-18,27-28,34-36,38,40,49,61,64,66,71H,7-8,13,19-26,55-56H2,1-3H3,(H,57,68)(H,58,69)(H,59,67). The number of aliphatic hydroxyl groups is 2. The quantitative estimate of drug-likeness (QED) is 0.0423. The van der Waals surface area contributed by atoms with Crippen molar-refractivity contribution in [1.82, 2.24) is 15.5 Å². The topological polar surface area (TPSA) is 338 Å². The van der Waals surface area contributed by atoms with Crippen LogP contribution in [0.4, 0.5) is 10.5 Å². The molecule has 22 nitrogen and oxygen atoms in total. The van der Waals surface area contributed by atoms with Crippen molar-refractivity contribution in [3.05, 3.63) is 117 Å². The van der Waals surface area contributed by atoms with Gasteiger partial charge in [0.1, 0.15) is 61.0 Å². The third kappa shape index (κ3) is 11.3. The molecule has 4 aromatic rings. The zero-order valence-electron chi connectivity index (χ0n) is 42.1. The predicted molar refractivity (Wildman–Crippen MR) is 269 cm³/mol. The van der Waals surface area contributed by atoms with Gasteiger partial charge in [0.05, 0.1) is 48.1 Å². The molecule has 4 amide bonds. The molecule has 2 saturated heterocycles. The van der Waals surface area contributed by atoms with Gasteiger partial charge in [-0.1, -0.05) is 54.6 Å². The monoisotopic (exact) mass is 1050 g/mol. The van der Waals surface area contributed by atoms with Gasteiger partial charge in [-0.15, -0.1) is 0 Å². The second-order valence-electron chi connectivity index (χ2n) is 19.4. The Labute approximate surface area is 436 Å². The molecule has 2 heterocycles. The van der Waals surface area contributed by atoms with E-state index in [1.165, 1.54) is 37.1 Å². The first-order valence-corrected chi connectivity index (χ1v) is 25.0. The van der Waals surface area contributed by atoms with Gasteiger partial charge in [0, 0.05) is 48.1 Å². The number of nitrogens with two attached hydrogens (primary N) is 2. The number of phenols is 2. The van der Waals surface area contributed by atoms with E-state index in [9.17, 15) is 54.0 Å². The molecule has 4 aromatic carbocycles. The number of hydrogen-bond donors (Lipinski definition) is 9. The molecule has 4 aliphatic rings. The summed E-state index contributed by atoms with van der Waals surface area (Å²) in [5.74, 6) is -5.72. The van der Waals surface area contributed by atoms with Gasteiger partial charge in [-0.3, -0.25) is 33.7 Å². The number of rotatable bonds is 19. The van der Waals surface area contributed by atoms with E-state index >= 15 is 0 Å². The van der Waals surface area contributed by atoms with Gasteiger partial charge in [-0.05, 0) is 69.0 Å². The van der Waals surface area contributed by atoms with Gasteiger partial charge < -0.3 is 71.5 Å². The molecule has 9 atom stereocenters. The smallest absolute Gasteiger partial charge is 0.412 e. The fraction of sp³-hybridized carbons (Fsp3) is 0.426. The van der Waals surface area contributed by atoms with Crippen molar-refractivity contribution in [3.63, 3.8) is 0 Å². The van der Waals surface area contributed by atoms with Crippen molar-refractivity contribution in [2.24, 2.45) is 11.5 Å². The summed E-state index contributed by atoms with van der Waals surface area (Å²) in [6, 6.07) is 16.3. The first kappa shape index (κ1) is 54.9. The molecule has 11 N–H and O–H groups in total. The molecule has 0 saturated carbocycles. The van der Waals surface area contributed by atoms with Gasteiger partial charge in [0.25, 0.3) is 0 Å². The molecule has 22 heteroatoms. The molecule has 2 aliphatic carbocycles. The number of ketones is 3. The molecule has 2 aliphatic heterocycles. The highest BCUT2D eigenvalue weighted by Crippen LogP contribution is 2.53. The Morgan fingerprint density at radius 2 is 1.58 bits per heavy atom. The number of aliphatic hydroxyl groups excluding tert-OH is 1. The van der Waals surface area contributed by atoms with Crippen LogP contribution in [0.5, 0.6) is 17.2 Å². The largest absolute Gasteiger partial charge is 0.507 e. The maximum Gasteiger partial charge on any atom is 0.412 e. The number of nitrogens with one attached hydrogen (secondary N) is 3.